The van der Waals surface area contributed by atoms with Crippen molar-refractivity contribution in [1.82, 2.24) is 9.88 Å². The number of hydrogen-bond donors (Lipinski definition) is 1. The molecule has 3 nitrogen and oxygen atoms in total. The minimum Gasteiger partial charge on any atom is -0.381 e. The van der Waals surface area contributed by atoms with Crippen LogP contribution in [-0.4, -0.2) is 35.6 Å². The largest absolute Gasteiger partial charge is 0.381 e. The van der Waals surface area contributed by atoms with E-state index in [0.29, 0.717) is 6.04 Å². The van der Waals surface area contributed by atoms with E-state index in [9.17, 15) is 0 Å². The van der Waals surface area contributed by atoms with Crippen LogP contribution in [0.3, 0.4) is 0 Å². The Hall–Kier alpha value is -1.13. The molecule has 20 heavy (non-hydrogen) atoms. The molecule has 1 N–H and O–H groups in total. The third-order valence-electron chi connectivity index (χ3n) is 3.53. The molecule has 1 aromatic heterocycles. The van der Waals surface area contributed by atoms with Gasteiger partial charge in [-0.25, -0.2) is 0 Å². The van der Waals surface area contributed by atoms with Gasteiger partial charge in [-0.1, -0.05) is 29.8 Å². The van der Waals surface area contributed by atoms with Crippen LogP contribution < -0.4 is 5.32 Å². The van der Waals surface area contributed by atoms with Crippen molar-refractivity contribution in [1.29, 1.82) is 0 Å². The molecule has 0 bridgehead atoms. The highest BCUT2D eigenvalue weighted by atomic mass is 79.9. The fourth-order valence-electron chi connectivity index (χ4n) is 2.43. The standard InChI is InChI=1S/C16H22BrN3/c1-4-20(5-2)11-12(3)19-15-8-9-18-16-10-13(17)6-7-14(15)16/h6-10,12H,4-5,11H2,1-3H3,(H,18,19)/t12-/m1/s1. The fourth-order valence-corrected chi connectivity index (χ4v) is 2.78. The number of anilines is 1. The molecular formula is C16H22BrN3. The van der Waals surface area contributed by atoms with E-state index in [-0.39, 0.29) is 0 Å². The summed E-state index contributed by atoms with van der Waals surface area (Å²) in [7, 11) is 0. The monoisotopic (exact) mass is 335 g/mol. The van der Waals surface area contributed by atoms with Crippen molar-refractivity contribution < 1.29 is 0 Å². The Morgan fingerprint density at radius 2 is 2.00 bits per heavy atom. The molecule has 0 radical (unpaired) electrons. The van der Waals surface area contributed by atoms with Crippen LogP contribution in [-0.2, 0) is 0 Å². The van der Waals surface area contributed by atoms with Gasteiger partial charge < -0.3 is 10.2 Å². The number of hydrogen-bond acceptors (Lipinski definition) is 3. The molecular weight excluding hydrogens is 314 g/mol. The predicted molar refractivity (Wildman–Crippen MR) is 90.3 cm³/mol. The lowest BCUT2D eigenvalue weighted by Crippen LogP contribution is -2.34. The van der Waals surface area contributed by atoms with Gasteiger partial charge in [0.1, 0.15) is 0 Å². The van der Waals surface area contributed by atoms with Crippen molar-refractivity contribution in [2.45, 2.75) is 26.8 Å². The third-order valence-corrected chi connectivity index (χ3v) is 4.03. The van der Waals surface area contributed by atoms with E-state index in [2.05, 4.69) is 76.2 Å². The van der Waals surface area contributed by atoms with Gasteiger partial charge in [-0.3, -0.25) is 4.98 Å². The topological polar surface area (TPSA) is 28.2 Å². The number of nitrogens with zero attached hydrogens (tertiary/aromatic N) is 2. The highest BCUT2D eigenvalue weighted by Gasteiger charge is 2.09. The zero-order valence-corrected chi connectivity index (χ0v) is 13.9. The highest BCUT2D eigenvalue weighted by molar-refractivity contribution is 9.10. The summed E-state index contributed by atoms with van der Waals surface area (Å²) < 4.78 is 1.06. The van der Waals surface area contributed by atoms with Gasteiger partial charge in [-0.05, 0) is 44.3 Å². The summed E-state index contributed by atoms with van der Waals surface area (Å²) in [6.07, 6.45) is 1.86. The minimum absolute atomic E-state index is 0.407. The van der Waals surface area contributed by atoms with E-state index >= 15 is 0 Å². The molecule has 1 aromatic carbocycles. The summed E-state index contributed by atoms with van der Waals surface area (Å²) >= 11 is 3.49. The summed E-state index contributed by atoms with van der Waals surface area (Å²) in [6.45, 7) is 9.86. The van der Waals surface area contributed by atoms with Gasteiger partial charge in [0.15, 0.2) is 0 Å². The van der Waals surface area contributed by atoms with Crippen LogP contribution >= 0.6 is 15.9 Å². The second-order valence-electron chi connectivity index (χ2n) is 5.05. The quantitative estimate of drug-likeness (QED) is 0.859. The summed E-state index contributed by atoms with van der Waals surface area (Å²) in [4.78, 5) is 6.85. The van der Waals surface area contributed by atoms with Gasteiger partial charge in [0.25, 0.3) is 0 Å². The number of likely N-dealkylation sites (N-methyl/N-ethyl adjacent to an activating group) is 1. The summed E-state index contributed by atoms with van der Waals surface area (Å²) in [6, 6.07) is 8.68. The van der Waals surface area contributed by atoms with Gasteiger partial charge in [-0.15, -0.1) is 0 Å². The van der Waals surface area contributed by atoms with Crippen molar-refractivity contribution in [3.05, 3.63) is 34.9 Å². The molecule has 0 fully saturated rings. The van der Waals surface area contributed by atoms with Crippen LogP contribution in [0.4, 0.5) is 5.69 Å². The van der Waals surface area contributed by atoms with E-state index in [1.54, 1.807) is 0 Å². The van der Waals surface area contributed by atoms with Crippen LogP contribution in [0.5, 0.6) is 0 Å². The number of nitrogens with one attached hydrogen (secondary N) is 1. The lowest BCUT2D eigenvalue weighted by Gasteiger charge is -2.24. The highest BCUT2D eigenvalue weighted by Crippen LogP contribution is 2.25. The maximum absolute atomic E-state index is 4.42. The van der Waals surface area contributed by atoms with E-state index in [0.717, 1.165) is 35.3 Å². The number of rotatable bonds is 6. The first-order valence-electron chi connectivity index (χ1n) is 7.17. The van der Waals surface area contributed by atoms with E-state index in [4.69, 9.17) is 0 Å². The van der Waals surface area contributed by atoms with Crippen molar-refractivity contribution in [3.8, 4) is 0 Å². The Morgan fingerprint density at radius 1 is 1.25 bits per heavy atom. The first kappa shape index (κ1) is 15.3. The lowest BCUT2D eigenvalue weighted by atomic mass is 10.1. The second kappa shape index (κ2) is 7.04. The molecule has 0 amide bonds. The zero-order valence-electron chi connectivity index (χ0n) is 12.4. The molecule has 0 aliphatic rings. The number of halogens is 1. The first-order valence-corrected chi connectivity index (χ1v) is 7.96. The molecule has 0 unspecified atom stereocenters. The normalized spacial score (nSPS) is 12.8. The summed E-state index contributed by atoms with van der Waals surface area (Å²) in [5.74, 6) is 0. The van der Waals surface area contributed by atoms with Crippen molar-refractivity contribution in [2.24, 2.45) is 0 Å². The molecule has 0 saturated carbocycles. The lowest BCUT2D eigenvalue weighted by molar-refractivity contribution is 0.295. The molecule has 2 rings (SSSR count). The zero-order chi connectivity index (χ0) is 14.5. The number of pyridine rings is 1. The van der Waals surface area contributed by atoms with Crippen molar-refractivity contribution in [3.63, 3.8) is 0 Å². The SMILES string of the molecule is CCN(CC)C[C@@H](C)Nc1ccnc2cc(Br)ccc12. The van der Waals surface area contributed by atoms with Gasteiger partial charge in [0, 0.05) is 34.3 Å². The molecule has 0 spiro atoms. The maximum atomic E-state index is 4.42. The molecule has 0 aliphatic carbocycles. The van der Waals surface area contributed by atoms with Crippen LogP contribution in [0.25, 0.3) is 10.9 Å². The van der Waals surface area contributed by atoms with E-state index < -0.39 is 0 Å². The fraction of sp³-hybridized carbons (Fsp3) is 0.438. The van der Waals surface area contributed by atoms with Crippen LogP contribution in [0.15, 0.2) is 34.9 Å². The van der Waals surface area contributed by atoms with Crippen molar-refractivity contribution in [2.75, 3.05) is 25.0 Å². The third kappa shape index (κ3) is 3.70. The summed E-state index contributed by atoms with van der Waals surface area (Å²) in [5.41, 5.74) is 2.17. The smallest absolute Gasteiger partial charge is 0.0733 e. The van der Waals surface area contributed by atoms with Gasteiger partial charge in [-0.2, -0.15) is 0 Å². The average Bonchev–Trinajstić information content (AvgIpc) is 2.44. The molecule has 0 aliphatic heterocycles. The minimum atomic E-state index is 0.407. The number of fused-ring (bicyclic) bond motifs is 1. The molecule has 2 aromatic rings. The molecule has 0 saturated heterocycles. The molecule has 4 heteroatoms. The summed E-state index contributed by atoms with van der Waals surface area (Å²) in [5, 5.41) is 4.78. The maximum Gasteiger partial charge on any atom is 0.0733 e. The Bertz CT molecular complexity index is 567. The molecule has 1 atom stereocenters. The average molecular weight is 336 g/mol. The van der Waals surface area contributed by atoms with Crippen LogP contribution in [0, 0.1) is 0 Å². The Labute approximate surface area is 129 Å². The Balaban J connectivity index is 2.17. The van der Waals surface area contributed by atoms with E-state index in [1.165, 1.54) is 5.39 Å². The van der Waals surface area contributed by atoms with Crippen LogP contribution in [0.2, 0.25) is 0 Å². The van der Waals surface area contributed by atoms with Gasteiger partial charge in [0.05, 0.1) is 5.52 Å². The van der Waals surface area contributed by atoms with Gasteiger partial charge in [0.2, 0.25) is 0 Å². The first-order chi connectivity index (χ1) is 9.63. The van der Waals surface area contributed by atoms with Crippen molar-refractivity contribution >= 4 is 32.5 Å². The number of aromatic nitrogens is 1. The Morgan fingerprint density at radius 3 is 2.70 bits per heavy atom. The second-order valence-corrected chi connectivity index (χ2v) is 5.97. The number of benzene rings is 1. The van der Waals surface area contributed by atoms with Crippen LogP contribution in [0.1, 0.15) is 20.8 Å². The predicted octanol–water partition coefficient (Wildman–Crippen LogP) is 4.14. The molecule has 1 heterocycles. The molecule has 108 valence electrons. The van der Waals surface area contributed by atoms with Gasteiger partial charge >= 0.3 is 0 Å². The van der Waals surface area contributed by atoms with E-state index in [1.807, 2.05) is 6.20 Å². The Kier molecular flexibility index (Phi) is 5.38.